The first kappa shape index (κ1) is 32.6. The van der Waals surface area contributed by atoms with E-state index in [2.05, 4.69) is 54.0 Å². The highest BCUT2D eigenvalue weighted by molar-refractivity contribution is 6.34. The molecule has 5 aromatic rings. The summed E-state index contributed by atoms with van der Waals surface area (Å²) in [4.78, 5) is 9.29. The summed E-state index contributed by atoms with van der Waals surface area (Å²) in [7, 11) is 2.04. The van der Waals surface area contributed by atoms with Crippen LogP contribution >= 0.6 is 11.6 Å². The second-order valence-corrected chi connectivity index (χ2v) is 13.4. The molecule has 1 aromatic heterocycles. The van der Waals surface area contributed by atoms with Crippen LogP contribution in [0.25, 0.3) is 33.7 Å². The molecule has 1 unspecified atom stereocenters. The first-order chi connectivity index (χ1) is 23.3. The van der Waals surface area contributed by atoms with Gasteiger partial charge in [0.15, 0.2) is 5.58 Å². The number of rotatable bonds is 10. The van der Waals surface area contributed by atoms with Crippen LogP contribution in [0.4, 0.5) is 0 Å². The molecule has 3 heterocycles. The number of β-amino-alcohol motifs (C(OH)–C–C–N with tert-alkyl or cyclic N) is 1. The molecule has 48 heavy (non-hydrogen) atoms. The van der Waals surface area contributed by atoms with Crippen LogP contribution in [0.5, 0.6) is 11.5 Å². The number of likely N-dealkylation sites (tertiary alicyclic amines) is 1. The number of aliphatic hydroxyl groups excluding tert-OH is 2. The van der Waals surface area contributed by atoms with Crippen LogP contribution in [0.2, 0.25) is 5.02 Å². The van der Waals surface area contributed by atoms with E-state index in [0.717, 1.165) is 80.9 Å². The predicted molar refractivity (Wildman–Crippen MR) is 189 cm³/mol. The van der Waals surface area contributed by atoms with Crippen molar-refractivity contribution in [2.45, 2.75) is 52.0 Å². The van der Waals surface area contributed by atoms with E-state index in [1.54, 1.807) is 0 Å². The fourth-order valence-corrected chi connectivity index (χ4v) is 7.41. The fraction of sp³-hybridized carbons (Fsp3) is 0.359. The SMILES string of the molecule is Cc1c(COc2ccc3c(c2)OCCC3N(C)CCO)cccc1-c1cccc(-c2nc3cc(CN4CC[C@@H](O)C4)cc(Cl)c3o2)c1C. The zero-order valence-corrected chi connectivity index (χ0v) is 28.5. The largest absolute Gasteiger partial charge is 0.493 e. The van der Waals surface area contributed by atoms with Crippen LogP contribution in [-0.4, -0.2) is 71.0 Å². The van der Waals surface area contributed by atoms with Crippen molar-refractivity contribution in [2.24, 2.45) is 0 Å². The molecule has 250 valence electrons. The van der Waals surface area contributed by atoms with Crippen molar-refractivity contribution in [3.05, 3.63) is 99.6 Å². The lowest BCUT2D eigenvalue weighted by Crippen LogP contribution is -2.31. The molecule has 2 aliphatic rings. The van der Waals surface area contributed by atoms with Crippen LogP contribution < -0.4 is 9.47 Å². The van der Waals surface area contributed by atoms with Gasteiger partial charge in [0.2, 0.25) is 5.89 Å². The first-order valence-corrected chi connectivity index (χ1v) is 17.1. The minimum atomic E-state index is -0.265. The minimum absolute atomic E-state index is 0.131. The maximum absolute atomic E-state index is 9.93. The standard InChI is InChI=1S/C39H42ClN3O5/c1-24-27(23-47-29-10-11-33-36(42(3)15-16-44)13-17-46-37(33)20-29)6-4-7-30(24)31-8-5-9-32(25(31)2)39-41-35-19-26(18-34(40)38(35)48-39)21-43-14-12-28(45)22-43/h4-11,18-20,28,36,44-45H,12-17,21-23H2,1-3H3/t28-,36?/m1/s1. The molecule has 2 N–H and O–H groups in total. The number of oxazole rings is 1. The molecule has 0 aliphatic carbocycles. The zero-order valence-electron chi connectivity index (χ0n) is 27.7. The number of aliphatic hydroxyl groups is 2. The summed E-state index contributed by atoms with van der Waals surface area (Å²) in [6.07, 6.45) is 1.42. The van der Waals surface area contributed by atoms with Crippen LogP contribution in [0.1, 0.15) is 46.7 Å². The average Bonchev–Trinajstić information content (AvgIpc) is 3.70. The first-order valence-electron chi connectivity index (χ1n) is 16.7. The van der Waals surface area contributed by atoms with Crippen molar-refractivity contribution in [1.29, 1.82) is 0 Å². The Hall–Kier alpha value is -3.92. The summed E-state index contributed by atoms with van der Waals surface area (Å²) in [6.45, 7) is 8.31. The highest BCUT2D eigenvalue weighted by atomic mass is 35.5. The van der Waals surface area contributed by atoms with Gasteiger partial charge in [-0.25, -0.2) is 4.98 Å². The molecule has 0 radical (unpaired) electrons. The highest BCUT2D eigenvalue weighted by Crippen LogP contribution is 2.39. The molecule has 9 heteroatoms. The topological polar surface area (TPSA) is 91.4 Å². The lowest BCUT2D eigenvalue weighted by Gasteiger charge is -2.33. The maximum atomic E-state index is 9.93. The number of hydrogen-bond acceptors (Lipinski definition) is 8. The van der Waals surface area contributed by atoms with Crippen LogP contribution in [0.15, 0.2) is 71.1 Å². The molecule has 2 aliphatic heterocycles. The van der Waals surface area contributed by atoms with E-state index in [1.807, 2.05) is 43.4 Å². The molecule has 0 spiro atoms. The Morgan fingerprint density at radius 1 is 1.00 bits per heavy atom. The van der Waals surface area contributed by atoms with Crippen molar-refractivity contribution in [3.63, 3.8) is 0 Å². The van der Waals surface area contributed by atoms with Gasteiger partial charge in [-0.3, -0.25) is 9.80 Å². The quantitative estimate of drug-likeness (QED) is 0.160. The third-order valence-electron chi connectivity index (χ3n) is 9.83. The fourth-order valence-electron chi connectivity index (χ4n) is 7.13. The van der Waals surface area contributed by atoms with E-state index in [0.29, 0.717) is 49.3 Å². The number of hydrogen-bond donors (Lipinski definition) is 2. The average molecular weight is 668 g/mol. The Morgan fingerprint density at radius 3 is 2.58 bits per heavy atom. The summed E-state index contributed by atoms with van der Waals surface area (Å²) in [5, 5.41) is 19.9. The van der Waals surface area contributed by atoms with E-state index in [1.165, 1.54) is 0 Å². The van der Waals surface area contributed by atoms with E-state index >= 15 is 0 Å². The number of likely N-dealkylation sites (N-methyl/N-ethyl adjacent to an activating group) is 1. The van der Waals surface area contributed by atoms with Gasteiger partial charge in [0.05, 0.1) is 24.3 Å². The predicted octanol–water partition coefficient (Wildman–Crippen LogP) is 7.33. The monoisotopic (exact) mass is 667 g/mol. The number of aromatic nitrogens is 1. The van der Waals surface area contributed by atoms with Crippen molar-refractivity contribution in [2.75, 3.05) is 39.9 Å². The third kappa shape index (κ3) is 6.56. The number of fused-ring (bicyclic) bond motifs is 2. The van der Waals surface area contributed by atoms with E-state index in [-0.39, 0.29) is 18.8 Å². The van der Waals surface area contributed by atoms with Gasteiger partial charge in [-0.1, -0.05) is 48.0 Å². The van der Waals surface area contributed by atoms with Crippen molar-refractivity contribution in [3.8, 4) is 34.1 Å². The summed E-state index contributed by atoms with van der Waals surface area (Å²) in [5.41, 5.74) is 9.96. The third-order valence-corrected chi connectivity index (χ3v) is 10.1. The summed E-state index contributed by atoms with van der Waals surface area (Å²) in [5.74, 6) is 2.14. The Kier molecular flexibility index (Phi) is 9.45. The number of halogens is 1. The number of ether oxygens (including phenoxy) is 2. The smallest absolute Gasteiger partial charge is 0.227 e. The summed E-state index contributed by atoms with van der Waals surface area (Å²) >= 11 is 6.69. The normalized spacial score (nSPS) is 18.0. The molecule has 1 fully saturated rings. The molecule has 7 rings (SSSR count). The molecule has 0 amide bonds. The van der Waals surface area contributed by atoms with Gasteiger partial charge >= 0.3 is 0 Å². The van der Waals surface area contributed by atoms with E-state index in [4.69, 9.17) is 30.5 Å². The molecule has 1 saturated heterocycles. The molecule has 4 aromatic carbocycles. The van der Waals surface area contributed by atoms with Crippen LogP contribution in [0, 0.1) is 13.8 Å². The summed E-state index contributed by atoms with van der Waals surface area (Å²) < 4.78 is 18.6. The van der Waals surface area contributed by atoms with Gasteiger partial charge < -0.3 is 24.1 Å². The Bertz CT molecular complexity index is 1940. The van der Waals surface area contributed by atoms with Gasteiger partial charge in [0.1, 0.15) is 23.6 Å². The van der Waals surface area contributed by atoms with E-state index < -0.39 is 0 Å². The maximum Gasteiger partial charge on any atom is 0.227 e. The van der Waals surface area contributed by atoms with Gasteiger partial charge in [-0.2, -0.15) is 0 Å². The van der Waals surface area contributed by atoms with Gasteiger partial charge in [-0.05, 0) is 85.0 Å². The van der Waals surface area contributed by atoms with Crippen molar-refractivity contribution < 1.29 is 24.1 Å². The number of nitrogens with zero attached hydrogens (tertiary/aromatic N) is 3. The lowest BCUT2D eigenvalue weighted by molar-refractivity contribution is 0.139. The minimum Gasteiger partial charge on any atom is -0.493 e. The Balaban J connectivity index is 1.11. The Labute approximate surface area is 286 Å². The molecule has 2 atom stereocenters. The number of benzene rings is 4. The van der Waals surface area contributed by atoms with Gasteiger partial charge in [0.25, 0.3) is 0 Å². The molecular formula is C39H42ClN3O5. The second kappa shape index (κ2) is 13.9. The van der Waals surface area contributed by atoms with E-state index in [9.17, 15) is 10.2 Å². The highest BCUT2D eigenvalue weighted by Gasteiger charge is 2.26. The summed E-state index contributed by atoms with van der Waals surface area (Å²) in [6, 6.07) is 22.8. The lowest BCUT2D eigenvalue weighted by atomic mass is 9.91. The molecule has 8 nitrogen and oxygen atoms in total. The molecule has 0 bridgehead atoms. The molecular weight excluding hydrogens is 626 g/mol. The zero-order chi connectivity index (χ0) is 33.4. The van der Waals surface area contributed by atoms with Crippen LogP contribution in [0.3, 0.4) is 0 Å². The van der Waals surface area contributed by atoms with Crippen molar-refractivity contribution in [1.82, 2.24) is 14.8 Å². The van der Waals surface area contributed by atoms with Crippen molar-refractivity contribution >= 4 is 22.7 Å². The Morgan fingerprint density at radius 2 is 1.79 bits per heavy atom. The molecule has 0 saturated carbocycles. The van der Waals surface area contributed by atoms with Gasteiger partial charge in [0, 0.05) is 55.8 Å². The second-order valence-electron chi connectivity index (χ2n) is 13.0. The van der Waals surface area contributed by atoms with Crippen LogP contribution in [-0.2, 0) is 13.2 Å². The van der Waals surface area contributed by atoms with Gasteiger partial charge in [-0.15, -0.1) is 0 Å².